The molecule has 0 aliphatic carbocycles. The van der Waals surface area contributed by atoms with Gasteiger partial charge in [-0.15, -0.1) is 0 Å². The van der Waals surface area contributed by atoms with Crippen LogP contribution in [0.25, 0.3) is 5.69 Å². The van der Waals surface area contributed by atoms with Crippen LogP contribution in [-0.2, 0) is 11.3 Å². The van der Waals surface area contributed by atoms with Crippen molar-refractivity contribution in [2.75, 3.05) is 5.73 Å². The van der Waals surface area contributed by atoms with Gasteiger partial charge >= 0.3 is 0 Å². The lowest BCUT2D eigenvalue weighted by molar-refractivity contribution is -0.122. The molecule has 0 bridgehead atoms. The van der Waals surface area contributed by atoms with Crippen LogP contribution in [0.2, 0.25) is 0 Å². The fourth-order valence-corrected chi connectivity index (χ4v) is 2.46. The van der Waals surface area contributed by atoms with Gasteiger partial charge in [-0.2, -0.15) is 10.2 Å². The zero-order valence-corrected chi connectivity index (χ0v) is 13.5. The van der Waals surface area contributed by atoms with Gasteiger partial charge in [0.2, 0.25) is 5.91 Å². The lowest BCUT2D eigenvalue weighted by Gasteiger charge is -2.15. The fraction of sp³-hybridized carbons (Fsp3) is 0.250. The van der Waals surface area contributed by atoms with Crippen LogP contribution >= 0.6 is 0 Å². The van der Waals surface area contributed by atoms with Crippen LogP contribution < -0.4 is 11.1 Å². The van der Waals surface area contributed by atoms with Gasteiger partial charge in [0.15, 0.2) is 0 Å². The number of nitrogens with zero attached hydrogens (tertiary/aromatic N) is 5. The van der Waals surface area contributed by atoms with E-state index in [9.17, 15) is 4.79 Å². The van der Waals surface area contributed by atoms with E-state index >= 15 is 0 Å². The van der Waals surface area contributed by atoms with E-state index in [-0.39, 0.29) is 18.5 Å². The maximum atomic E-state index is 12.2. The zero-order valence-electron chi connectivity index (χ0n) is 13.5. The minimum atomic E-state index is -0.141. The van der Waals surface area contributed by atoms with E-state index in [2.05, 4.69) is 20.5 Å². The van der Waals surface area contributed by atoms with Crippen molar-refractivity contribution < 1.29 is 4.79 Å². The largest absolute Gasteiger partial charge is 0.384 e. The fourth-order valence-electron chi connectivity index (χ4n) is 2.46. The SMILES string of the molecule is Cc1cc(N)n(CC(=O)N[C@@H](C)c2ccc(-n3cncn3)cc2)n1. The Morgan fingerprint density at radius 1 is 1.33 bits per heavy atom. The van der Waals surface area contributed by atoms with Crippen molar-refractivity contribution in [2.45, 2.75) is 26.4 Å². The summed E-state index contributed by atoms with van der Waals surface area (Å²) in [4.78, 5) is 16.1. The molecule has 0 saturated carbocycles. The highest BCUT2D eigenvalue weighted by Crippen LogP contribution is 2.15. The number of rotatable bonds is 5. The van der Waals surface area contributed by atoms with Gasteiger partial charge in [0.05, 0.1) is 17.4 Å². The number of benzene rings is 1. The predicted octanol–water partition coefficient (Wildman–Crippen LogP) is 1.23. The van der Waals surface area contributed by atoms with E-state index in [0.29, 0.717) is 5.82 Å². The Morgan fingerprint density at radius 3 is 2.67 bits per heavy atom. The maximum Gasteiger partial charge on any atom is 0.242 e. The van der Waals surface area contributed by atoms with Crippen LogP contribution in [-0.4, -0.2) is 30.5 Å². The molecule has 0 aliphatic heterocycles. The maximum absolute atomic E-state index is 12.2. The molecule has 1 atom stereocenters. The van der Waals surface area contributed by atoms with Crippen molar-refractivity contribution in [1.82, 2.24) is 29.9 Å². The van der Waals surface area contributed by atoms with Crippen molar-refractivity contribution in [2.24, 2.45) is 0 Å². The number of aryl methyl sites for hydroxylation is 1. The summed E-state index contributed by atoms with van der Waals surface area (Å²) in [5.41, 5.74) is 8.50. The van der Waals surface area contributed by atoms with Crippen molar-refractivity contribution in [3.05, 3.63) is 54.2 Å². The van der Waals surface area contributed by atoms with Crippen molar-refractivity contribution >= 4 is 11.7 Å². The number of nitrogens with one attached hydrogen (secondary N) is 1. The van der Waals surface area contributed by atoms with Crippen molar-refractivity contribution in [1.29, 1.82) is 0 Å². The predicted molar refractivity (Wildman–Crippen MR) is 89.3 cm³/mol. The average Bonchev–Trinajstić information content (AvgIpc) is 3.18. The highest BCUT2D eigenvalue weighted by Gasteiger charge is 2.12. The lowest BCUT2D eigenvalue weighted by atomic mass is 10.1. The van der Waals surface area contributed by atoms with Crippen LogP contribution in [0, 0.1) is 6.92 Å². The van der Waals surface area contributed by atoms with E-state index < -0.39 is 0 Å². The second-order valence-corrected chi connectivity index (χ2v) is 5.59. The van der Waals surface area contributed by atoms with Gasteiger partial charge < -0.3 is 11.1 Å². The highest BCUT2D eigenvalue weighted by atomic mass is 16.2. The number of nitrogen functional groups attached to an aromatic ring is 1. The molecule has 0 unspecified atom stereocenters. The topological polar surface area (TPSA) is 104 Å². The number of nitrogens with two attached hydrogens (primary N) is 1. The molecule has 0 fully saturated rings. The summed E-state index contributed by atoms with van der Waals surface area (Å²) in [6, 6.07) is 9.38. The molecule has 3 rings (SSSR count). The first-order chi connectivity index (χ1) is 11.5. The summed E-state index contributed by atoms with van der Waals surface area (Å²) < 4.78 is 3.17. The molecule has 8 nitrogen and oxygen atoms in total. The second-order valence-electron chi connectivity index (χ2n) is 5.59. The average molecular weight is 325 g/mol. The van der Waals surface area contributed by atoms with Crippen LogP contribution in [0.4, 0.5) is 5.82 Å². The lowest BCUT2D eigenvalue weighted by Crippen LogP contribution is -2.30. The Balaban J connectivity index is 1.63. The number of aromatic nitrogens is 5. The van der Waals surface area contributed by atoms with E-state index in [1.807, 2.05) is 38.1 Å². The Bertz CT molecular complexity index is 821. The molecule has 3 aromatic rings. The summed E-state index contributed by atoms with van der Waals surface area (Å²) in [7, 11) is 0. The number of carbonyl (C=O) groups is 1. The molecule has 1 aromatic carbocycles. The monoisotopic (exact) mass is 325 g/mol. The highest BCUT2D eigenvalue weighted by molar-refractivity contribution is 5.76. The standard InChI is InChI=1S/C16H19N7O/c1-11-7-15(17)22(21-11)8-16(24)20-12(2)13-3-5-14(6-4-13)23-10-18-9-19-23/h3-7,9-10,12H,8,17H2,1-2H3,(H,20,24)/t12-/m0/s1. The first-order valence-electron chi connectivity index (χ1n) is 7.57. The van der Waals surface area contributed by atoms with E-state index in [1.54, 1.807) is 17.1 Å². The molecule has 124 valence electrons. The van der Waals surface area contributed by atoms with E-state index in [0.717, 1.165) is 16.9 Å². The first kappa shape index (κ1) is 15.7. The molecular formula is C16H19N7O. The number of anilines is 1. The van der Waals surface area contributed by atoms with Gasteiger partial charge in [0.1, 0.15) is 25.0 Å². The van der Waals surface area contributed by atoms with Crippen molar-refractivity contribution in [3.63, 3.8) is 0 Å². The number of hydrogen-bond donors (Lipinski definition) is 2. The third-order valence-corrected chi connectivity index (χ3v) is 3.68. The van der Waals surface area contributed by atoms with Crippen LogP contribution in [0.5, 0.6) is 0 Å². The summed E-state index contributed by atoms with van der Waals surface area (Å²) in [5, 5.41) is 11.2. The van der Waals surface area contributed by atoms with Crippen LogP contribution in [0.3, 0.4) is 0 Å². The Labute approximate surface area is 139 Å². The number of hydrogen-bond acceptors (Lipinski definition) is 5. The van der Waals surface area contributed by atoms with Crippen molar-refractivity contribution in [3.8, 4) is 5.69 Å². The third-order valence-electron chi connectivity index (χ3n) is 3.68. The normalized spacial score (nSPS) is 12.1. The van der Waals surface area contributed by atoms with Gasteiger partial charge in [-0.05, 0) is 31.5 Å². The molecular weight excluding hydrogens is 306 g/mol. The summed E-state index contributed by atoms with van der Waals surface area (Å²) in [6.45, 7) is 3.87. The first-order valence-corrected chi connectivity index (χ1v) is 7.57. The second kappa shape index (κ2) is 6.53. The number of carbonyl (C=O) groups excluding carboxylic acids is 1. The van der Waals surface area contributed by atoms with Gasteiger partial charge in [0.25, 0.3) is 0 Å². The molecule has 0 spiro atoms. The van der Waals surface area contributed by atoms with Gasteiger partial charge in [-0.1, -0.05) is 12.1 Å². The molecule has 24 heavy (non-hydrogen) atoms. The molecule has 0 saturated heterocycles. The summed E-state index contributed by atoms with van der Waals surface area (Å²) in [5.74, 6) is 0.338. The minimum absolute atomic E-state index is 0.0983. The Kier molecular flexibility index (Phi) is 4.28. The Morgan fingerprint density at radius 2 is 2.08 bits per heavy atom. The quantitative estimate of drug-likeness (QED) is 0.734. The zero-order chi connectivity index (χ0) is 17.1. The summed E-state index contributed by atoms with van der Waals surface area (Å²) in [6.07, 6.45) is 3.12. The Hall–Kier alpha value is -3.16. The molecule has 1 amide bonds. The minimum Gasteiger partial charge on any atom is -0.384 e. The van der Waals surface area contributed by atoms with Crippen LogP contribution in [0.1, 0.15) is 24.2 Å². The van der Waals surface area contributed by atoms with Gasteiger partial charge in [0, 0.05) is 6.07 Å². The van der Waals surface area contributed by atoms with E-state index in [4.69, 9.17) is 5.73 Å². The smallest absolute Gasteiger partial charge is 0.242 e. The summed E-state index contributed by atoms with van der Waals surface area (Å²) >= 11 is 0. The molecule has 0 aliphatic rings. The van der Waals surface area contributed by atoms with Gasteiger partial charge in [-0.3, -0.25) is 4.79 Å². The van der Waals surface area contributed by atoms with Gasteiger partial charge in [-0.25, -0.2) is 14.3 Å². The molecule has 0 radical (unpaired) electrons. The number of amides is 1. The van der Waals surface area contributed by atoms with E-state index in [1.165, 1.54) is 11.0 Å². The molecule has 8 heteroatoms. The molecule has 2 heterocycles. The third kappa shape index (κ3) is 3.43. The molecule has 2 aromatic heterocycles. The molecule has 3 N–H and O–H groups in total. The van der Waals surface area contributed by atoms with Crippen LogP contribution in [0.15, 0.2) is 43.0 Å².